The number of carbonyl (C=O) groups is 1. The van der Waals surface area contributed by atoms with Crippen molar-refractivity contribution < 1.29 is 13.7 Å². The van der Waals surface area contributed by atoms with E-state index in [9.17, 15) is 9.00 Å². The van der Waals surface area contributed by atoms with Gasteiger partial charge in [0.15, 0.2) is 5.96 Å². The smallest absolute Gasteiger partial charge is 0.410 e. The number of nitrogens with zero attached hydrogens (tertiary/aromatic N) is 2. The van der Waals surface area contributed by atoms with Gasteiger partial charge in [0.25, 0.3) is 0 Å². The molecular formula is C22H37IN4O3S. The number of nitrogens with one attached hydrogen (secondary N) is 2. The van der Waals surface area contributed by atoms with Crippen molar-refractivity contribution in [3.8, 4) is 0 Å². The molecule has 2 atom stereocenters. The molecule has 31 heavy (non-hydrogen) atoms. The molecule has 2 rings (SSSR count). The zero-order valence-corrected chi connectivity index (χ0v) is 22.2. The summed E-state index contributed by atoms with van der Waals surface area (Å²) in [7, 11) is -0.952. The first-order valence-electron chi connectivity index (χ1n) is 10.7. The lowest BCUT2D eigenvalue weighted by atomic mass is 10.1. The Morgan fingerprint density at radius 2 is 2.00 bits per heavy atom. The zero-order valence-electron chi connectivity index (χ0n) is 19.1. The Bertz CT molecular complexity index is 725. The molecule has 1 fully saturated rings. The van der Waals surface area contributed by atoms with Gasteiger partial charge in [-0.2, -0.15) is 0 Å². The highest BCUT2D eigenvalue weighted by molar-refractivity contribution is 14.0. The van der Waals surface area contributed by atoms with Crippen LogP contribution in [0.1, 0.15) is 46.1 Å². The van der Waals surface area contributed by atoms with Crippen LogP contribution < -0.4 is 10.6 Å². The number of benzene rings is 1. The molecule has 0 radical (unpaired) electrons. The number of likely N-dealkylation sites (tertiary alicyclic amines) is 1. The third-order valence-corrected chi connectivity index (χ3v) is 5.81. The lowest BCUT2D eigenvalue weighted by Gasteiger charge is -2.35. The number of hydrogen-bond donors (Lipinski definition) is 2. The van der Waals surface area contributed by atoms with Gasteiger partial charge in [0, 0.05) is 48.0 Å². The van der Waals surface area contributed by atoms with E-state index in [0.717, 1.165) is 24.9 Å². The van der Waals surface area contributed by atoms with Gasteiger partial charge in [-0.3, -0.25) is 9.20 Å². The van der Waals surface area contributed by atoms with Crippen LogP contribution in [0.15, 0.2) is 35.3 Å². The van der Waals surface area contributed by atoms with Gasteiger partial charge in [-0.25, -0.2) is 4.79 Å². The van der Waals surface area contributed by atoms with Crippen molar-refractivity contribution in [2.24, 2.45) is 4.99 Å². The first kappa shape index (κ1) is 27.7. The quantitative estimate of drug-likeness (QED) is 0.301. The fourth-order valence-electron chi connectivity index (χ4n) is 3.19. The highest BCUT2D eigenvalue weighted by Crippen LogP contribution is 2.15. The number of hydrogen-bond acceptors (Lipinski definition) is 4. The van der Waals surface area contributed by atoms with Crippen LogP contribution in [0.2, 0.25) is 0 Å². The normalized spacial score (nSPS) is 18.0. The predicted octanol–water partition coefficient (Wildman–Crippen LogP) is 3.51. The number of piperidine rings is 1. The minimum Gasteiger partial charge on any atom is -0.444 e. The minimum atomic E-state index is -0.952. The summed E-state index contributed by atoms with van der Waals surface area (Å²) in [6, 6.07) is 9.98. The molecule has 1 saturated heterocycles. The van der Waals surface area contributed by atoms with Crippen LogP contribution in [0.25, 0.3) is 0 Å². The van der Waals surface area contributed by atoms with E-state index < -0.39 is 16.4 Å². The van der Waals surface area contributed by atoms with Crippen LogP contribution in [-0.4, -0.2) is 64.7 Å². The maximum absolute atomic E-state index is 12.4. The van der Waals surface area contributed by atoms with E-state index in [4.69, 9.17) is 4.74 Å². The van der Waals surface area contributed by atoms with E-state index in [1.807, 2.05) is 58.0 Å². The molecule has 1 aromatic rings. The highest BCUT2D eigenvalue weighted by atomic mass is 127. The second kappa shape index (κ2) is 13.9. The molecular weight excluding hydrogens is 527 g/mol. The molecule has 2 unspecified atom stereocenters. The van der Waals surface area contributed by atoms with E-state index in [2.05, 4.69) is 15.6 Å². The molecule has 1 amide bonds. The largest absolute Gasteiger partial charge is 0.444 e. The molecule has 1 aromatic carbocycles. The van der Waals surface area contributed by atoms with Crippen molar-refractivity contribution >= 4 is 46.8 Å². The van der Waals surface area contributed by atoms with Gasteiger partial charge in [0.05, 0.1) is 6.54 Å². The second-order valence-corrected chi connectivity index (χ2v) is 10.0. The van der Waals surface area contributed by atoms with Gasteiger partial charge >= 0.3 is 6.09 Å². The van der Waals surface area contributed by atoms with Crippen molar-refractivity contribution in [1.82, 2.24) is 15.5 Å². The first-order chi connectivity index (χ1) is 14.3. The van der Waals surface area contributed by atoms with Gasteiger partial charge in [-0.1, -0.05) is 30.3 Å². The van der Waals surface area contributed by atoms with Crippen LogP contribution in [0.5, 0.6) is 0 Å². The average Bonchev–Trinajstić information content (AvgIpc) is 2.68. The molecule has 1 aliphatic rings. The lowest BCUT2D eigenvalue weighted by molar-refractivity contribution is 0.0193. The minimum absolute atomic E-state index is 0. The number of carbonyl (C=O) groups excluding carboxylic acids is 1. The van der Waals surface area contributed by atoms with Crippen LogP contribution >= 0.6 is 24.0 Å². The number of rotatable bonds is 7. The number of aliphatic imine (C=N–C) groups is 1. The zero-order chi connectivity index (χ0) is 22.0. The highest BCUT2D eigenvalue weighted by Gasteiger charge is 2.28. The number of guanidine groups is 1. The molecule has 2 N–H and O–H groups in total. The summed E-state index contributed by atoms with van der Waals surface area (Å²) < 4.78 is 17.8. The van der Waals surface area contributed by atoms with E-state index in [1.165, 1.54) is 0 Å². The topological polar surface area (TPSA) is 83.0 Å². The van der Waals surface area contributed by atoms with Gasteiger partial charge in [-0.15, -0.1) is 24.0 Å². The van der Waals surface area contributed by atoms with E-state index in [-0.39, 0.29) is 36.1 Å². The Kier molecular flexibility index (Phi) is 12.4. The fourth-order valence-corrected chi connectivity index (χ4v) is 4.20. The van der Waals surface area contributed by atoms with Gasteiger partial charge in [-0.05, 0) is 46.1 Å². The van der Waals surface area contributed by atoms with E-state index >= 15 is 0 Å². The molecule has 9 heteroatoms. The Balaban J connectivity index is 0.00000480. The summed E-state index contributed by atoms with van der Waals surface area (Å²) in [5, 5.41) is 6.66. The monoisotopic (exact) mass is 564 g/mol. The Morgan fingerprint density at radius 3 is 2.65 bits per heavy atom. The van der Waals surface area contributed by atoms with Crippen LogP contribution in [0.4, 0.5) is 4.79 Å². The van der Waals surface area contributed by atoms with Crippen molar-refractivity contribution in [2.75, 3.05) is 31.9 Å². The predicted molar refractivity (Wildman–Crippen MR) is 139 cm³/mol. The summed E-state index contributed by atoms with van der Waals surface area (Å²) in [6.07, 6.45) is 1.60. The number of halogens is 1. The van der Waals surface area contributed by atoms with Crippen molar-refractivity contribution in [3.63, 3.8) is 0 Å². The Morgan fingerprint density at radius 1 is 1.29 bits per heavy atom. The maximum Gasteiger partial charge on any atom is 0.410 e. The fraction of sp³-hybridized carbons (Fsp3) is 0.636. The number of ether oxygens (including phenoxy) is 1. The van der Waals surface area contributed by atoms with Crippen LogP contribution in [0.3, 0.4) is 0 Å². The maximum atomic E-state index is 12.4. The summed E-state index contributed by atoms with van der Waals surface area (Å²) >= 11 is 0. The standard InChI is InChI=1S/C22H36N4O3S.HI/c1-5-23-20(24-13-15-30(28)17-18-10-7-6-8-11-18)25-19-12-9-14-26(16-19)21(27)29-22(2,3)4;/h6-8,10-11,19H,5,9,12-17H2,1-4H3,(H2,23,24,25);1H. The van der Waals surface area contributed by atoms with E-state index in [0.29, 0.717) is 37.1 Å². The molecule has 7 nitrogen and oxygen atoms in total. The summed E-state index contributed by atoms with van der Waals surface area (Å²) in [4.78, 5) is 18.7. The SMILES string of the molecule is CCNC(=NCCS(=O)Cc1ccccc1)NC1CCCN(C(=O)OC(C)(C)C)C1.I. The Hall–Kier alpha value is -1.36. The molecule has 0 spiro atoms. The van der Waals surface area contributed by atoms with Crippen molar-refractivity contribution in [2.45, 2.75) is 57.9 Å². The van der Waals surface area contributed by atoms with Crippen LogP contribution in [-0.2, 0) is 21.3 Å². The molecule has 176 valence electrons. The molecule has 0 aromatic heterocycles. The Labute approximate surface area is 206 Å². The van der Waals surface area contributed by atoms with Crippen LogP contribution in [0, 0.1) is 0 Å². The first-order valence-corrected chi connectivity index (χ1v) is 12.2. The van der Waals surface area contributed by atoms with Crippen molar-refractivity contribution in [3.05, 3.63) is 35.9 Å². The molecule has 1 heterocycles. The molecule has 1 aliphatic heterocycles. The lowest BCUT2D eigenvalue weighted by Crippen LogP contribution is -2.53. The third-order valence-electron chi connectivity index (χ3n) is 4.52. The summed E-state index contributed by atoms with van der Waals surface area (Å²) in [5.41, 5.74) is 0.581. The molecule has 0 saturated carbocycles. The number of amides is 1. The molecule has 0 aliphatic carbocycles. The van der Waals surface area contributed by atoms with E-state index in [1.54, 1.807) is 4.90 Å². The second-order valence-electron chi connectivity index (χ2n) is 8.44. The molecule has 0 bridgehead atoms. The van der Waals surface area contributed by atoms with Gasteiger partial charge in [0.2, 0.25) is 0 Å². The third kappa shape index (κ3) is 11.2. The summed E-state index contributed by atoms with van der Waals surface area (Å²) in [6.45, 7) is 10.2. The van der Waals surface area contributed by atoms with Gasteiger partial charge < -0.3 is 20.3 Å². The average molecular weight is 565 g/mol. The van der Waals surface area contributed by atoms with Gasteiger partial charge in [0.1, 0.15) is 5.60 Å². The summed E-state index contributed by atoms with van der Waals surface area (Å²) in [5.74, 6) is 1.76. The van der Waals surface area contributed by atoms with Crippen molar-refractivity contribution in [1.29, 1.82) is 0 Å².